The van der Waals surface area contributed by atoms with Gasteiger partial charge in [-0.25, -0.2) is 36.9 Å². The molecule has 0 saturated heterocycles. The number of nitrogens with zero attached hydrogens (tertiary/aromatic N) is 8. The van der Waals surface area contributed by atoms with Crippen molar-refractivity contribution in [3.63, 3.8) is 0 Å². The molecular weight excluding hydrogens is 1550 g/mol. The van der Waals surface area contributed by atoms with Gasteiger partial charge in [0.05, 0.1) is 115 Å². The molecule has 578 valence electrons. The van der Waals surface area contributed by atoms with E-state index in [1.807, 2.05) is 91.0 Å². The van der Waals surface area contributed by atoms with E-state index in [1.54, 1.807) is 0 Å². The number of para-hydroxylation sites is 9. The Balaban J connectivity index is 0.000000205. The van der Waals surface area contributed by atoms with E-state index in [-0.39, 0.29) is 11.4 Å². The monoisotopic (exact) mass is 1600 g/mol. The number of aromatic nitrogens is 4. The maximum Gasteiger partial charge on any atom is 0.249 e. The van der Waals surface area contributed by atoms with Gasteiger partial charge in [0.15, 0.2) is 17.5 Å². The highest BCUT2D eigenvalue weighted by atomic mass is 19.2. The van der Waals surface area contributed by atoms with E-state index in [2.05, 4.69) is 240 Å². The van der Waals surface area contributed by atoms with Crippen LogP contribution in [0, 0.1) is 49.6 Å². The molecule has 0 N–H and O–H groups in total. The summed E-state index contributed by atoms with van der Waals surface area (Å²) in [6.45, 7) is 32.9. The Morgan fingerprint density at radius 2 is 0.492 bits per heavy atom. The van der Waals surface area contributed by atoms with Crippen molar-refractivity contribution in [1.82, 2.24) is 18.3 Å². The molecule has 0 atom stereocenters. The summed E-state index contributed by atoms with van der Waals surface area (Å²) in [4.78, 5) is 14.5. The van der Waals surface area contributed by atoms with E-state index >= 15 is 0 Å². The predicted octanol–water partition coefficient (Wildman–Crippen LogP) is 31.3. The Morgan fingerprint density at radius 1 is 0.218 bits per heavy atom. The minimum absolute atomic E-state index is 0.260. The number of hydrogen-bond donors (Lipinski definition) is 0. The average Bonchev–Trinajstić information content (AvgIpc) is 1.50. The summed E-state index contributed by atoms with van der Waals surface area (Å²) in [6.07, 6.45) is 1.01. The number of fused-ring (bicyclic) bond motifs is 35. The lowest BCUT2D eigenvalue weighted by molar-refractivity contribution is 0.443. The van der Waals surface area contributed by atoms with E-state index in [0.29, 0.717) is 22.7 Å². The quantitative estimate of drug-likeness (QED) is 0.0756. The van der Waals surface area contributed by atoms with Gasteiger partial charge in [-0.15, -0.1) is 0 Å². The van der Waals surface area contributed by atoms with E-state index < -0.39 is 34.6 Å². The molecule has 0 saturated carbocycles. The maximum atomic E-state index is 12.9. The molecule has 1 aliphatic rings. The second kappa shape index (κ2) is 26.1. The van der Waals surface area contributed by atoms with Crippen LogP contribution in [0.4, 0.5) is 40.3 Å². The average molecular weight is 1610 g/mol. The molecule has 0 unspecified atom stereocenters. The van der Waals surface area contributed by atoms with Crippen LogP contribution in [0.15, 0.2) is 325 Å². The fraction of sp³-hybridized carbons (Fsp3) is 0.00935. The van der Waals surface area contributed by atoms with Gasteiger partial charge in [0.1, 0.15) is 61.6 Å². The summed E-state index contributed by atoms with van der Waals surface area (Å²) in [7, 11) is 0. The molecule has 26 aromatic rings. The van der Waals surface area contributed by atoms with Crippen molar-refractivity contribution < 1.29 is 39.6 Å². The molecule has 9 heterocycles. The molecule has 9 aromatic heterocycles. The lowest BCUT2D eigenvalue weighted by atomic mass is 10.0. The third-order valence-electron chi connectivity index (χ3n) is 24.9. The molecule has 13 nitrogen and oxygen atoms in total. The van der Waals surface area contributed by atoms with Crippen LogP contribution in [0.3, 0.4) is 0 Å². The molecule has 0 bridgehead atoms. The number of hydrogen-bond acceptors (Lipinski definition) is 5. The second-order valence-electron chi connectivity index (χ2n) is 31.0. The Morgan fingerprint density at radius 3 is 0.839 bits per heavy atom. The first-order valence-corrected chi connectivity index (χ1v) is 40.1. The van der Waals surface area contributed by atoms with Gasteiger partial charge in [-0.1, -0.05) is 200 Å². The molecule has 17 aromatic carbocycles. The van der Waals surface area contributed by atoms with Gasteiger partial charge >= 0.3 is 0 Å². The largest absolute Gasteiger partial charge is 0.455 e. The van der Waals surface area contributed by atoms with Gasteiger partial charge in [-0.3, -0.25) is 0 Å². The third-order valence-corrected chi connectivity index (χ3v) is 24.9. The molecule has 0 spiro atoms. The number of rotatable bonds is 4. The number of benzene rings is 17. The predicted molar refractivity (Wildman–Crippen MR) is 486 cm³/mol. The molecule has 1 aliphatic carbocycles. The summed E-state index contributed by atoms with van der Waals surface area (Å²) >= 11 is 0. The van der Waals surface area contributed by atoms with Crippen molar-refractivity contribution in [3.05, 3.63) is 383 Å². The summed E-state index contributed by atoms with van der Waals surface area (Å²) in [5.74, 6) is -7.51. The Bertz CT molecular complexity index is 9250. The van der Waals surface area contributed by atoms with Crippen LogP contribution in [0.5, 0.6) is 0 Å². The van der Waals surface area contributed by atoms with E-state index in [9.17, 15) is 30.7 Å². The van der Waals surface area contributed by atoms with Gasteiger partial charge in [-0.2, -0.15) is 0 Å². The van der Waals surface area contributed by atoms with Crippen LogP contribution in [-0.2, 0) is 6.42 Å². The normalized spacial score (nSPS) is 12.1. The number of halogens is 4. The van der Waals surface area contributed by atoms with Crippen molar-refractivity contribution >= 4 is 220 Å². The minimum atomic E-state index is -2.01. The zero-order valence-electron chi connectivity index (χ0n) is 64.7. The molecule has 0 radical (unpaired) electrons. The summed E-state index contributed by atoms with van der Waals surface area (Å²) < 4.78 is 94.0. The fourth-order valence-corrected chi connectivity index (χ4v) is 19.8. The Labute approximate surface area is 697 Å². The van der Waals surface area contributed by atoms with Crippen molar-refractivity contribution in [1.29, 1.82) is 0 Å². The van der Waals surface area contributed by atoms with Crippen molar-refractivity contribution in [3.8, 4) is 33.9 Å². The smallest absolute Gasteiger partial charge is 0.249 e. The molecule has 124 heavy (non-hydrogen) atoms. The number of furan rings is 5. The molecule has 17 heteroatoms. The molecule has 27 rings (SSSR count). The Hall–Kier alpha value is -17.4. The van der Waals surface area contributed by atoms with Gasteiger partial charge < -0.3 is 40.4 Å². The second-order valence-corrected chi connectivity index (χ2v) is 31.0. The standard InChI is InChI=1S/C80H40N6O4.C19H12O.C8F4N2/c1-81-71-73(83-55-27-11-3-23-51(55)67-59(83)39-35-47-43-19-7-15-31-63(43)87-77(47)67)72(82-2)75(85-57-29-13-5-25-53(57)69-61(85)41-37-49-45-21-9-17-33-65(45)89-79(49)69)76(86-58-30-14-6-26-54(58)70-62(86)42-38-50-46-22-10-18-34-66(46)90-80(50)70)74(71)84-56-28-12-4-24-52(56)68-60(84)40-36-48-44-20-8-16-32-64(44)88-78(48)68;1-2-6-14-12(5-1)11-13-9-10-16-15-7-3-4-8-17(15)20-19(16)18(13)14;1-13-7-4(10)3(9)5(11)8(14-2)6(7)12/h3-42H;1-10H,11H2;. The van der Waals surface area contributed by atoms with Crippen LogP contribution >= 0.6 is 0 Å². The van der Waals surface area contributed by atoms with Gasteiger partial charge in [0.2, 0.25) is 22.7 Å². The van der Waals surface area contributed by atoms with E-state index in [4.69, 9.17) is 44.9 Å². The lowest BCUT2D eigenvalue weighted by Gasteiger charge is -2.27. The summed E-state index contributed by atoms with van der Waals surface area (Å²) in [6, 6.07) is 105. The van der Waals surface area contributed by atoms with Crippen LogP contribution in [0.25, 0.3) is 250 Å². The fourth-order valence-electron chi connectivity index (χ4n) is 19.8. The maximum absolute atomic E-state index is 12.9. The van der Waals surface area contributed by atoms with Crippen LogP contribution < -0.4 is 0 Å². The first-order valence-electron chi connectivity index (χ1n) is 40.1. The van der Waals surface area contributed by atoms with Gasteiger partial charge in [-0.05, 0) is 126 Å². The van der Waals surface area contributed by atoms with Crippen LogP contribution in [-0.4, -0.2) is 18.3 Å². The summed E-state index contributed by atoms with van der Waals surface area (Å²) in [5.41, 5.74) is 20.1. The highest BCUT2D eigenvalue weighted by molar-refractivity contribution is 6.30. The van der Waals surface area contributed by atoms with E-state index in [0.717, 1.165) is 193 Å². The first-order chi connectivity index (χ1) is 61.1. The Kier molecular flexibility index (Phi) is 14.7. The van der Waals surface area contributed by atoms with Crippen LogP contribution in [0.2, 0.25) is 0 Å². The first kappa shape index (κ1) is 69.7. The topological polar surface area (TPSA) is 103 Å². The lowest BCUT2D eigenvalue weighted by Crippen LogP contribution is -2.12. The molecular formula is C107H52F4N8O5. The summed E-state index contributed by atoms with van der Waals surface area (Å²) in [5, 5.41) is 17.7. The van der Waals surface area contributed by atoms with Crippen molar-refractivity contribution in [2.75, 3.05) is 0 Å². The van der Waals surface area contributed by atoms with E-state index in [1.165, 1.54) is 33.0 Å². The molecule has 0 fully saturated rings. The van der Waals surface area contributed by atoms with Crippen molar-refractivity contribution in [2.45, 2.75) is 6.42 Å². The minimum Gasteiger partial charge on any atom is -0.455 e. The molecule has 0 amide bonds. The highest BCUT2D eigenvalue weighted by Gasteiger charge is 2.37. The SMILES string of the molecule is [C-]#[N+]c1c(-n2c3ccccc3c3c4oc5ccccc5c4ccc32)c([N+]#[C-])c(-n2c3ccccc3c3c4oc5ccccc5c4ccc32)c(-n2c3ccccc3c3c4oc5ccccc5c4ccc32)c1-n1c2ccccc2c2c3oc4ccccc4c3ccc21.[C-]#[N+]c1c(F)c(F)c(F)c([N+]#[C-])c1F.c1ccc2c(c1)Cc1ccc3c(oc4ccccc43)c1-2. The van der Waals surface area contributed by atoms with Crippen LogP contribution in [0.1, 0.15) is 11.1 Å². The zero-order valence-corrected chi connectivity index (χ0v) is 64.7. The zero-order chi connectivity index (χ0) is 82.8. The van der Waals surface area contributed by atoms with Gasteiger partial charge in [0, 0.05) is 81.0 Å². The molecule has 0 aliphatic heterocycles. The van der Waals surface area contributed by atoms with Crippen molar-refractivity contribution in [2.24, 2.45) is 0 Å². The third kappa shape index (κ3) is 9.40. The van der Waals surface area contributed by atoms with Gasteiger partial charge in [0.25, 0.3) is 0 Å². The highest BCUT2D eigenvalue weighted by Crippen LogP contribution is 2.58.